The standard InChI is InChI=1S/C19H27N3O2S/c1-3-10-22-16(2)13-20-19(22)12-18-9-11-21(14-18)25(23,24)15-17-7-5-4-6-8-17/h4-8,13,18H,3,9-12,14-15H2,1-2H3. The second-order valence-electron chi connectivity index (χ2n) is 6.93. The highest BCUT2D eigenvalue weighted by Gasteiger charge is 2.32. The Morgan fingerprint density at radius 2 is 2.00 bits per heavy atom. The Bertz CT molecular complexity index is 799. The fourth-order valence-electron chi connectivity index (χ4n) is 3.55. The van der Waals surface area contributed by atoms with E-state index in [1.165, 1.54) is 5.69 Å². The minimum absolute atomic E-state index is 0.0874. The molecule has 1 fully saturated rings. The van der Waals surface area contributed by atoms with Crippen molar-refractivity contribution in [1.82, 2.24) is 13.9 Å². The average molecular weight is 362 g/mol. The molecule has 0 bridgehead atoms. The monoisotopic (exact) mass is 361 g/mol. The zero-order valence-corrected chi connectivity index (χ0v) is 15.9. The molecule has 6 heteroatoms. The summed E-state index contributed by atoms with van der Waals surface area (Å²) in [6, 6.07) is 9.41. The van der Waals surface area contributed by atoms with Gasteiger partial charge in [0.15, 0.2) is 0 Å². The first kappa shape index (κ1) is 18.1. The lowest BCUT2D eigenvalue weighted by atomic mass is 10.0. The molecule has 2 aromatic rings. The molecule has 0 N–H and O–H groups in total. The molecule has 0 saturated carbocycles. The molecule has 136 valence electrons. The highest BCUT2D eigenvalue weighted by molar-refractivity contribution is 7.88. The summed E-state index contributed by atoms with van der Waals surface area (Å²) in [5.74, 6) is 1.53. The number of aryl methyl sites for hydroxylation is 1. The fraction of sp³-hybridized carbons (Fsp3) is 0.526. The summed E-state index contributed by atoms with van der Waals surface area (Å²) in [6.45, 7) is 6.44. The van der Waals surface area contributed by atoms with E-state index >= 15 is 0 Å². The molecule has 5 nitrogen and oxygen atoms in total. The van der Waals surface area contributed by atoms with Crippen molar-refractivity contribution < 1.29 is 8.42 Å². The van der Waals surface area contributed by atoms with Gasteiger partial charge in [0.25, 0.3) is 0 Å². The first-order valence-electron chi connectivity index (χ1n) is 9.02. The van der Waals surface area contributed by atoms with Gasteiger partial charge in [0.2, 0.25) is 10.0 Å². The van der Waals surface area contributed by atoms with Gasteiger partial charge in [-0.15, -0.1) is 0 Å². The van der Waals surface area contributed by atoms with E-state index in [-0.39, 0.29) is 5.75 Å². The minimum Gasteiger partial charge on any atom is -0.332 e. The largest absolute Gasteiger partial charge is 0.332 e. The van der Waals surface area contributed by atoms with Crippen LogP contribution in [0.3, 0.4) is 0 Å². The lowest BCUT2D eigenvalue weighted by molar-refractivity contribution is 0.448. The Morgan fingerprint density at radius 1 is 1.24 bits per heavy atom. The van der Waals surface area contributed by atoms with Crippen LogP contribution >= 0.6 is 0 Å². The van der Waals surface area contributed by atoms with Crippen LogP contribution in [0.15, 0.2) is 36.5 Å². The van der Waals surface area contributed by atoms with Crippen LogP contribution in [0.25, 0.3) is 0 Å². The minimum atomic E-state index is -3.25. The molecule has 1 aromatic heterocycles. The first-order valence-corrected chi connectivity index (χ1v) is 10.6. The second kappa shape index (κ2) is 7.70. The molecular formula is C19H27N3O2S. The van der Waals surface area contributed by atoms with E-state index in [0.29, 0.717) is 19.0 Å². The van der Waals surface area contributed by atoms with Crippen LogP contribution in [0.4, 0.5) is 0 Å². The van der Waals surface area contributed by atoms with Crippen molar-refractivity contribution in [3.63, 3.8) is 0 Å². The van der Waals surface area contributed by atoms with Crippen molar-refractivity contribution in [1.29, 1.82) is 0 Å². The molecule has 1 saturated heterocycles. The molecule has 1 aliphatic rings. The summed E-state index contributed by atoms with van der Waals surface area (Å²) in [5, 5.41) is 0. The van der Waals surface area contributed by atoms with Crippen LogP contribution in [-0.4, -0.2) is 35.4 Å². The first-order chi connectivity index (χ1) is 12.0. The second-order valence-corrected chi connectivity index (χ2v) is 8.90. The van der Waals surface area contributed by atoms with Crippen molar-refractivity contribution in [2.75, 3.05) is 13.1 Å². The molecular weight excluding hydrogens is 334 g/mol. The number of hydrogen-bond donors (Lipinski definition) is 0. The number of hydrogen-bond acceptors (Lipinski definition) is 3. The van der Waals surface area contributed by atoms with Crippen molar-refractivity contribution in [2.24, 2.45) is 5.92 Å². The summed E-state index contributed by atoms with van der Waals surface area (Å²) >= 11 is 0. The molecule has 3 rings (SSSR count). The Kier molecular flexibility index (Phi) is 5.59. The normalized spacial score (nSPS) is 18.7. The number of aromatic nitrogens is 2. The fourth-order valence-corrected chi connectivity index (χ4v) is 5.17. The van der Waals surface area contributed by atoms with Gasteiger partial charge >= 0.3 is 0 Å². The van der Waals surface area contributed by atoms with Crippen molar-refractivity contribution >= 4 is 10.0 Å². The highest BCUT2D eigenvalue weighted by Crippen LogP contribution is 2.25. The van der Waals surface area contributed by atoms with E-state index in [0.717, 1.165) is 37.2 Å². The molecule has 25 heavy (non-hydrogen) atoms. The molecule has 0 amide bonds. The Hall–Kier alpha value is -1.66. The summed E-state index contributed by atoms with van der Waals surface area (Å²) in [5.41, 5.74) is 2.03. The lowest BCUT2D eigenvalue weighted by Gasteiger charge is -2.17. The maximum Gasteiger partial charge on any atom is 0.218 e. The van der Waals surface area contributed by atoms with Crippen molar-refractivity contribution in [2.45, 2.75) is 45.4 Å². The van der Waals surface area contributed by atoms with Gasteiger partial charge in [-0.25, -0.2) is 17.7 Å². The smallest absolute Gasteiger partial charge is 0.218 e. The van der Waals surface area contributed by atoms with Crippen molar-refractivity contribution in [3.8, 4) is 0 Å². The average Bonchev–Trinajstić information content (AvgIpc) is 3.18. The summed E-state index contributed by atoms with van der Waals surface area (Å²) < 4.78 is 29.3. The molecule has 0 aliphatic carbocycles. The summed E-state index contributed by atoms with van der Waals surface area (Å²) in [4.78, 5) is 4.55. The predicted molar refractivity (Wildman–Crippen MR) is 99.7 cm³/mol. The van der Waals surface area contributed by atoms with Gasteiger partial charge in [-0.3, -0.25) is 0 Å². The van der Waals surface area contributed by atoms with Crippen molar-refractivity contribution in [3.05, 3.63) is 53.6 Å². The number of rotatable bonds is 7. The van der Waals surface area contributed by atoms with Gasteiger partial charge in [0.05, 0.1) is 5.75 Å². The number of sulfonamides is 1. The highest BCUT2D eigenvalue weighted by atomic mass is 32.2. The topological polar surface area (TPSA) is 55.2 Å². The third-order valence-corrected chi connectivity index (χ3v) is 6.71. The number of imidazole rings is 1. The molecule has 1 atom stereocenters. The molecule has 2 heterocycles. The molecule has 0 radical (unpaired) electrons. The van der Waals surface area contributed by atoms with Gasteiger partial charge in [-0.05, 0) is 31.2 Å². The van der Waals surface area contributed by atoms with E-state index in [9.17, 15) is 8.42 Å². The van der Waals surface area contributed by atoms with E-state index in [1.807, 2.05) is 36.5 Å². The lowest BCUT2D eigenvalue weighted by Crippen LogP contribution is -2.30. The third kappa shape index (κ3) is 4.30. The van der Waals surface area contributed by atoms with Gasteiger partial charge in [0, 0.05) is 37.9 Å². The SMILES string of the molecule is CCCn1c(C)cnc1CC1CCN(S(=O)(=O)Cc2ccccc2)C1. The van der Waals surface area contributed by atoms with Gasteiger partial charge in [0.1, 0.15) is 5.82 Å². The number of benzene rings is 1. The van der Waals surface area contributed by atoms with Crippen LogP contribution in [0.2, 0.25) is 0 Å². The summed E-state index contributed by atoms with van der Waals surface area (Å²) in [7, 11) is -3.25. The van der Waals surface area contributed by atoms with E-state index in [2.05, 4.69) is 23.4 Å². The zero-order valence-electron chi connectivity index (χ0n) is 15.1. The van der Waals surface area contributed by atoms with Gasteiger partial charge in [-0.2, -0.15) is 0 Å². The Balaban J connectivity index is 1.63. The Labute approximate surface area is 150 Å². The van der Waals surface area contributed by atoms with E-state index < -0.39 is 10.0 Å². The van der Waals surface area contributed by atoms with E-state index in [1.54, 1.807) is 4.31 Å². The van der Waals surface area contributed by atoms with Crippen LogP contribution in [0.1, 0.15) is 36.8 Å². The van der Waals surface area contributed by atoms with Crippen LogP contribution in [0, 0.1) is 12.8 Å². The van der Waals surface area contributed by atoms with Crippen LogP contribution in [0.5, 0.6) is 0 Å². The third-order valence-electron chi connectivity index (χ3n) is 4.89. The zero-order chi connectivity index (χ0) is 17.9. The number of nitrogens with zero attached hydrogens (tertiary/aromatic N) is 3. The Morgan fingerprint density at radius 3 is 2.72 bits per heavy atom. The van der Waals surface area contributed by atoms with Gasteiger partial charge in [-0.1, -0.05) is 37.3 Å². The maximum absolute atomic E-state index is 12.7. The van der Waals surface area contributed by atoms with Gasteiger partial charge < -0.3 is 4.57 Å². The molecule has 1 aliphatic heterocycles. The van der Waals surface area contributed by atoms with Crippen LogP contribution in [-0.2, 0) is 28.7 Å². The molecule has 0 spiro atoms. The quantitative estimate of drug-likeness (QED) is 0.762. The maximum atomic E-state index is 12.7. The summed E-state index contributed by atoms with van der Waals surface area (Å²) in [6.07, 6.45) is 4.76. The van der Waals surface area contributed by atoms with Crippen LogP contribution < -0.4 is 0 Å². The molecule has 1 unspecified atom stereocenters. The molecule has 1 aromatic carbocycles. The predicted octanol–water partition coefficient (Wildman–Crippen LogP) is 3.00. The van der Waals surface area contributed by atoms with E-state index in [4.69, 9.17) is 0 Å².